The maximum Gasteiger partial charge on any atom is 0.0456 e. The second-order valence-electron chi connectivity index (χ2n) is 3.49. The average Bonchev–Trinajstić information content (AvgIpc) is 2.28. The van der Waals surface area contributed by atoms with Gasteiger partial charge in [-0.2, -0.15) is 0 Å². The molecule has 0 aliphatic rings. The summed E-state index contributed by atoms with van der Waals surface area (Å²) in [6, 6.07) is 5.69. The molecule has 90 valence electrons. The third-order valence-electron chi connectivity index (χ3n) is 2.29. The largest absolute Gasteiger partial charge is 0.396 e. The highest BCUT2D eigenvalue weighted by atomic mass is 79.9. The van der Waals surface area contributed by atoms with Crippen LogP contribution in [0.3, 0.4) is 0 Å². The smallest absolute Gasteiger partial charge is 0.0456 e. The summed E-state index contributed by atoms with van der Waals surface area (Å²) < 4.78 is 0.990. The van der Waals surface area contributed by atoms with Crippen molar-refractivity contribution in [2.24, 2.45) is 5.73 Å². The van der Waals surface area contributed by atoms with Gasteiger partial charge in [-0.15, -0.1) is 0 Å². The summed E-state index contributed by atoms with van der Waals surface area (Å²) in [6.07, 6.45) is 0.717. The molecule has 0 heterocycles. The van der Waals surface area contributed by atoms with Gasteiger partial charge in [0.25, 0.3) is 0 Å². The first kappa shape index (κ1) is 13.9. The number of benzene rings is 1. The zero-order valence-corrected chi connectivity index (χ0v) is 11.3. The van der Waals surface area contributed by atoms with Crippen molar-refractivity contribution in [1.29, 1.82) is 0 Å². The lowest BCUT2D eigenvalue weighted by Crippen LogP contribution is -2.29. The number of hydrogen-bond donors (Lipinski definition) is 3. The summed E-state index contributed by atoms with van der Waals surface area (Å²) in [5.41, 5.74) is 6.77. The van der Waals surface area contributed by atoms with E-state index >= 15 is 0 Å². The number of aliphatic hydroxyl groups excluding tert-OH is 1. The fraction of sp³-hybridized carbons (Fsp3) is 0.455. The first-order valence-corrected chi connectivity index (χ1v) is 6.35. The molecule has 16 heavy (non-hydrogen) atoms. The third kappa shape index (κ3) is 4.03. The van der Waals surface area contributed by atoms with Crippen LogP contribution in [0.2, 0.25) is 5.02 Å². The summed E-state index contributed by atoms with van der Waals surface area (Å²) in [5.74, 6) is 0. The summed E-state index contributed by atoms with van der Waals surface area (Å²) in [4.78, 5) is 0. The number of hydrogen-bond acceptors (Lipinski definition) is 3. The van der Waals surface area contributed by atoms with Gasteiger partial charge in [-0.3, -0.25) is 0 Å². The number of nitrogens with two attached hydrogens (primary N) is 1. The van der Waals surface area contributed by atoms with Crippen molar-refractivity contribution in [2.75, 3.05) is 19.7 Å². The molecule has 1 atom stereocenters. The van der Waals surface area contributed by atoms with Crippen LogP contribution in [0.15, 0.2) is 22.7 Å². The van der Waals surface area contributed by atoms with Gasteiger partial charge in [0.1, 0.15) is 0 Å². The normalized spacial score (nSPS) is 12.8. The van der Waals surface area contributed by atoms with Gasteiger partial charge < -0.3 is 16.2 Å². The van der Waals surface area contributed by atoms with Gasteiger partial charge in [-0.25, -0.2) is 0 Å². The molecule has 0 aromatic heterocycles. The highest BCUT2D eigenvalue weighted by Gasteiger charge is 2.12. The predicted octanol–water partition coefficient (Wildman–Crippen LogP) is 2.07. The fourth-order valence-corrected chi connectivity index (χ4v) is 2.16. The molecule has 3 nitrogen and oxygen atoms in total. The van der Waals surface area contributed by atoms with Crippen molar-refractivity contribution in [3.05, 3.63) is 33.3 Å². The number of rotatable bonds is 6. The summed E-state index contributed by atoms with van der Waals surface area (Å²) in [6.45, 7) is 1.41. The Kier molecular flexibility index (Phi) is 6.31. The van der Waals surface area contributed by atoms with E-state index in [1.165, 1.54) is 0 Å². The molecule has 0 bridgehead atoms. The van der Waals surface area contributed by atoms with Crippen LogP contribution in [0.4, 0.5) is 0 Å². The van der Waals surface area contributed by atoms with Crippen molar-refractivity contribution in [2.45, 2.75) is 12.5 Å². The van der Waals surface area contributed by atoms with E-state index in [2.05, 4.69) is 21.2 Å². The molecule has 1 unspecified atom stereocenters. The van der Waals surface area contributed by atoms with E-state index in [4.69, 9.17) is 22.4 Å². The van der Waals surface area contributed by atoms with Gasteiger partial charge in [-0.1, -0.05) is 27.5 Å². The fourth-order valence-electron chi connectivity index (χ4n) is 1.46. The van der Waals surface area contributed by atoms with Crippen LogP contribution >= 0.6 is 27.5 Å². The van der Waals surface area contributed by atoms with Crippen molar-refractivity contribution >= 4 is 27.5 Å². The van der Waals surface area contributed by atoms with Crippen LogP contribution in [0, 0.1) is 0 Å². The molecular formula is C11H16BrClN2O. The van der Waals surface area contributed by atoms with Crippen molar-refractivity contribution in [1.82, 2.24) is 5.32 Å². The first-order valence-electron chi connectivity index (χ1n) is 5.18. The molecule has 0 saturated carbocycles. The lowest BCUT2D eigenvalue weighted by molar-refractivity contribution is 0.283. The van der Waals surface area contributed by atoms with Gasteiger partial charge in [0.15, 0.2) is 0 Å². The van der Waals surface area contributed by atoms with Crippen LogP contribution in [0.5, 0.6) is 0 Å². The molecule has 0 fully saturated rings. The maximum absolute atomic E-state index is 8.72. The minimum absolute atomic E-state index is 0.0552. The maximum atomic E-state index is 8.72. The second kappa shape index (κ2) is 7.25. The molecule has 0 spiro atoms. The molecule has 0 amide bonds. The molecule has 1 aromatic carbocycles. The van der Waals surface area contributed by atoms with Gasteiger partial charge in [0.2, 0.25) is 0 Å². The van der Waals surface area contributed by atoms with Crippen LogP contribution in [-0.2, 0) is 0 Å². The Morgan fingerprint density at radius 2 is 2.25 bits per heavy atom. The molecule has 0 saturated heterocycles. The molecular weight excluding hydrogens is 291 g/mol. The topological polar surface area (TPSA) is 58.3 Å². The Bertz CT molecular complexity index is 336. The molecule has 1 aromatic rings. The van der Waals surface area contributed by atoms with Gasteiger partial charge in [0, 0.05) is 28.7 Å². The lowest BCUT2D eigenvalue weighted by atomic mass is 10.1. The highest BCUT2D eigenvalue weighted by molar-refractivity contribution is 9.10. The Labute approximate surface area is 109 Å². The zero-order chi connectivity index (χ0) is 12.0. The molecule has 0 aliphatic carbocycles. The highest BCUT2D eigenvalue weighted by Crippen LogP contribution is 2.26. The van der Waals surface area contributed by atoms with E-state index in [0.717, 1.165) is 16.6 Å². The van der Waals surface area contributed by atoms with E-state index in [1.54, 1.807) is 0 Å². The minimum atomic E-state index is 0.0552. The molecule has 5 heteroatoms. The Balaban J connectivity index is 2.73. The first-order chi connectivity index (χ1) is 7.69. The Morgan fingerprint density at radius 1 is 1.50 bits per heavy atom. The van der Waals surface area contributed by atoms with Crippen molar-refractivity contribution in [3.8, 4) is 0 Å². The van der Waals surface area contributed by atoms with Crippen molar-refractivity contribution in [3.63, 3.8) is 0 Å². The summed E-state index contributed by atoms with van der Waals surface area (Å²) >= 11 is 9.43. The van der Waals surface area contributed by atoms with E-state index < -0.39 is 0 Å². The van der Waals surface area contributed by atoms with Gasteiger partial charge in [-0.05, 0) is 36.7 Å². The van der Waals surface area contributed by atoms with E-state index in [1.807, 2.05) is 18.2 Å². The number of aliphatic hydroxyl groups is 1. The predicted molar refractivity (Wildman–Crippen MR) is 70.7 cm³/mol. The minimum Gasteiger partial charge on any atom is -0.396 e. The third-order valence-corrected chi connectivity index (χ3v) is 3.25. The van der Waals surface area contributed by atoms with Gasteiger partial charge in [0.05, 0.1) is 0 Å². The molecule has 1 rings (SSSR count). The van der Waals surface area contributed by atoms with E-state index in [-0.39, 0.29) is 12.6 Å². The second-order valence-corrected chi connectivity index (χ2v) is 4.78. The quantitative estimate of drug-likeness (QED) is 0.705. The molecule has 0 radical (unpaired) electrons. The Hall–Kier alpha value is -0.130. The van der Waals surface area contributed by atoms with E-state index in [9.17, 15) is 0 Å². The summed E-state index contributed by atoms with van der Waals surface area (Å²) in [5, 5.41) is 12.7. The van der Waals surface area contributed by atoms with Gasteiger partial charge >= 0.3 is 0 Å². The van der Waals surface area contributed by atoms with Crippen molar-refractivity contribution < 1.29 is 5.11 Å². The molecule has 4 N–H and O–H groups in total. The van der Waals surface area contributed by atoms with E-state index in [0.29, 0.717) is 18.0 Å². The lowest BCUT2D eigenvalue weighted by Gasteiger charge is -2.18. The molecule has 0 aliphatic heterocycles. The standard InChI is InChI=1S/C11H16BrClN2O/c12-10-3-2-8(13)6-9(10)11(7-14)15-4-1-5-16/h2-3,6,11,15-16H,1,4-5,7,14H2. The number of halogens is 2. The number of nitrogens with one attached hydrogen (secondary N) is 1. The summed E-state index contributed by atoms with van der Waals surface area (Å²) in [7, 11) is 0. The monoisotopic (exact) mass is 306 g/mol. The van der Waals surface area contributed by atoms with Crippen LogP contribution in [-0.4, -0.2) is 24.8 Å². The van der Waals surface area contributed by atoms with Crippen LogP contribution in [0.1, 0.15) is 18.0 Å². The zero-order valence-electron chi connectivity index (χ0n) is 8.92. The SMILES string of the molecule is NCC(NCCCO)c1cc(Cl)ccc1Br. The Morgan fingerprint density at radius 3 is 2.88 bits per heavy atom. The van der Waals surface area contributed by atoms with Crippen LogP contribution < -0.4 is 11.1 Å². The average molecular weight is 308 g/mol. The van der Waals surface area contributed by atoms with Crippen LogP contribution in [0.25, 0.3) is 0 Å².